The van der Waals surface area contributed by atoms with E-state index in [0.717, 1.165) is 6.42 Å². The number of methoxy groups -OCH3 is 2. The highest BCUT2D eigenvalue weighted by Crippen LogP contribution is 2.40. The first-order valence-electron chi connectivity index (χ1n) is 20.9. The molecule has 1 saturated carbocycles. The van der Waals surface area contributed by atoms with Crippen LogP contribution in [0.15, 0.2) is 23.3 Å². The third-order valence-corrected chi connectivity index (χ3v) is 13.5. The average molecular weight is 810 g/mol. The molecule has 3 fully saturated rings. The number of carbonyl (C=O) groups excluding carboxylic acids is 4. The SMILES string of the molecule is CC/C1=C/C(C)C[C@H](C)C[C@H](OC)C2O[C@@](O)(C(=O)C(=O)N3CCCC[C@H]3C(=O)O[C@H](C(C)=C[C@@H]3CC[C@H](Cl)[C@H](CO)C3)[C@H](C)[C@@H](O)CC1=O)[C@H](C)C[C@@H]2OC. The van der Waals surface area contributed by atoms with E-state index in [1.54, 1.807) is 13.8 Å². The van der Waals surface area contributed by atoms with Gasteiger partial charge in [-0.05, 0) is 106 Å². The van der Waals surface area contributed by atoms with Crippen LogP contribution in [0.1, 0.15) is 112 Å². The van der Waals surface area contributed by atoms with Gasteiger partial charge in [-0.2, -0.15) is 0 Å². The Labute approximate surface area is 338 Å². The Morgan fingerprint density at radius 2 is 1.68 bits per heavy atom. The van der Waals surface area contributed by atoms with Crippen LogP contribution in [0.25, 0.3) is 0 Å². The topological polar surface area (TPSA) is 169 Å². The number of esters is 1. The zero-order valence-corrected chi connectivity index (χ0v) is 35.5. The fourth-order valence-corrected chi connectivity index (χ4v) is 9.79. The number of allylic oxidation sites excluding steroid dienone is 3. The smallest absolute Gasteiger partial charge is 0.329 e. The predicted octanol–water partition coefficient (Wildman–Crippen LogP) is 5.31. The van der Waals surface area contributed by atoms with Gasteiger partial charge < -0.3 is 39.2 Å². The molecule has 56 heavy (non-hydrogen) atoms. The maximum absolute atomic E-state index is 14.3. The molecule has 4 rings (SSSR count). The van der Waals surface area contributed by atoms with E-state index in [9.17, 15) is 34.5 Å². The standard InChI is InChI=1S/C43H68ClNO11/c1-9-30-17-24(2)16-25(3)18-36(53-7)39-37(54-8)20-27(5)43(52,56-39)40(49)41(50)45-15-11-10-12-33(45)42(51)55-38(28(6)34(47)22-35(30)48)26(4)19-29-13-14-32(44)31(21-29)23-46/h17,19,24-25,27-29,31-34,36-39,46-47,52H,9-16,18,20-23H2,1-8H3/b26-19?,30-17-/t24?,25-,27+,28+,29-,31-,32-,33-,34-,36-,37-,38+,39?,43+/m0/s1. The highest BCUT2D eigenvalue weighted by atomic mass is 35.5. The lowest BCUT2D eigenvalue weighted by molar-refractivity contribution is -0.302. The minimum atomic E-state index is -2.50. The number of Topliss-reactive ketones (excluding diaryl/α,β-unsaturated/α-hetero) is 2. The number of amides is 1. The molecule has 4 aliphatic rings. The average Bonchev–Trinajstić information content (AvgIpc) is 3.18. The number of halogens is 1. The highest BCUT2D eigenvalue weighted by Gasteiger charge is 2.56. The van der Waals surface area contributed by atoms with Crippen molar-refractivity contribution in [1.29, 1.82) is 0 Å². The summed E-state index contributed by atoms with van der Waals surface area (Å²) in [5.41, 5.74) is 1.29. The molecule has 0 radical (unpaired) electrons. The Kier molecular flexibility index (Phi) is 17.2. The van der Waals surface area contributed by atoms with Crippen LogP contribution in [0.4, 0.5) is 0 Å². The van der Waals surface area contributed by atoms with Gasteiger partial charge in [-0.3, -0.25) is 14.4 Å². The predicted molar refractivity (Wildman–Crippen MR) is 211 cm³/mol. The van der Waals surface area contributed by atoms with Gasteiger partial charge in [0.2, 0.25) is 5.79 Å². The first-order chi connectivity index (χ1) is 26.5. The molecule has 3 N–H and O–H groups in total. The molecule has 12 nitrogen and oxygen atoms in total. The molecule has 1 aliphatic carbocycles. The number of aliphatic hydroxyl groups is 3. The maximum Gasteiger partial charge on any atom is 0.329 e. The lowest BCUT2D eigenvalue weighted by atomic mass is 9.79. The number of carbonyl (C=O) groups is 4. The van der Waals surface area contributed by atoms with Crippen molar-refractivity contribution in [1.82, 2.24) is 4.90 Å². The lowest BCUT2D eigenvalue weighted by Gasteiger charge is -2.47. The fraction of sp³-hybridized carbons (Fsp3) is 0.814. The summed E-state index contributed by atoms with van der Waals surface area (Å²) in [6, 6.07) is -1.13. The molecule has 2 saturated heterocycles. The lowest BCUT2D eigenvalue weighted by Crippen LogP contribution is -2.64. The molecule has 0 aromatic heterocycles. The van der Waals surface area contributed by atoms with Crippen molar-refractivity contribution < 1.29 is 53.4 Å². The molecule has 0 spiro atoms. The largest absolute Gasteiger partial charge is 0.456 e. The van der Waals surface area contributed by atoms with E-state index < -0.39 is 71.8 Å². The Morgan fingerprint density at radius 1 is 1.00 bits per heavy atom. The van der Waals surface area contributed by atoms with Gasteiger partial charge in [-0.25, -0.2) is 4.79 Å². The second-order valence-electron chi connectivity index (χ2n) is 17.3. The number of fused-ring (bicyclic) bond motifs is 3. The first kappa shape index (κ1) is 46.5. The van der Waals surface area contributed by atoms with Crippen LogP contribution in [0.5, 0.6) is 0 Å². The van der Waals surface area contributed by atoms with E-state index in [-0.39, 0.29) is 67.2 Å². The van der Waals surface area contributed by atoms with Gasteiger partial charge in [0, 0.05) is 51.0 Å². The molecule has 13 heteroatoms. The van der Waals surface area contributed by atoms with Crippen molar-refractivity contribution in [3.63, 3.8) is 0 Å². The molecular weight excluding hydrogens is 742 g/mol. The molecule has 0 aromatic carbocycles. The van der Waals surface area contributed by atoms with Crippen LogP contribution in [-0.4, -0.2) is 119 Å². The summed E-state index contributed by atoms with van der Waals surface area (Å²) < 4.78 is 24.2. The zero-order valence-electron chi connectivity index (χ0n) is 34.8. The Balaban J connectivity index is 1.76. The van der Waals surface area contributed by atoms with Crippen molar-refractivity contribution in [2.24, 2.45) is 35.5 Å². The minimum absolute atomic E-state index is 0.00571. The second-order valence-corrected chi connectivity index (χ2v) is 17.8. The molecule has 2 bridgehead atoms. The molecule has 318 valence electrons. The number of hydrogen-bond acceptors (Lipinski definition) is 11. The number of hydrogen-bond donors (Lipinski definition) is 3. The van der Waals surface area contributed by atoms with Crippen LogP contribution in [0.2, 0.25) is 0 Å². The summed E-state index contributed by atoms with van der Waals surface area (Å²) in [6.07, 6.45) is 5.03. The molecule has 0 aromatic rings. The third-order valence-electron chi connectivity index (χ3n) is 12.9. The Hall–Kier alpha value is -2.19. The van der Waals surface area contributed by atoms with E-state index in [1.807, 2.05) is 32.9 Å². The van der Waals surface area contributed by atoms with Gasteiger partial charge in [-0.1, -0.05) is 46.8 Å². The Bertz CT molecular complexity index is 1440. The first-order valence-corrected chi connectivity index (χ1v) is 21.3. The van der Waals surface area contributed by atoms with Crippen molar-refractivity contribution >= 4 is 35.0 Å². The minimum Gasteiger partial charge on any atom is -0.456 e. The molecule has 2 unspecified atom stereocenters. The van der Waals surface area contributed by atoms with Crippen molar-refractivity contribution in [2.45, 2.75) is 160 Å². The van der Waals surface area contributed by atoms with Crippen LogP contribution in [-0.2, 0) is 38.1 Å². The summed E-state index contributed by atoms with van der Waals surface area (Å²) in [5, 5.41) is 33.5. The molecule has 3 aliphatic heterocycles. The summed E-state index contributed by atoms with van der Waals surface area (Å²) in [5.74, 6) is -7.14. The third kappa shape index (κ3) is 10.9. The molecule has 1 amide bonds. The van der Waals surface area contributed by atoms with Crippen molar-refractivity contribution in [2.75, 3.05) is 27.4 Å². The second kappa shape index (κ2) is 20.7. The van der Waals surface area contributed by atoms with E-state index in [2.05, 4.69) is 6.92 Å². The van der Waals surface area contributed by atoms with Crippen LogP contribution < -0.4 is 0 Å². The highest BCUT2D eigenvalue weighted by molar-refractivity contribution is 6.39. The molecular formula is C43H68ClNO11. The van der Waals surface area contributed by atoms with E-state index >= 15 is 0 Å². The van der Waals surface area contributed by atoms with E-state index in [1.165, 1.54) is 19.1 Å². The quantitative estimate of drug-likeness (QED) is 0.138. The van der Waals surface area contributed by atoms with Gasteiger partial charge >= 0.3 is 5.97 Å². The normalized spacial score (nSPS) is 41.6. The number of cyclic esters (lactones) is 1. The molecule has 14 atom stereocenters. The van der Waals surface area contributed by atoms with Crippen LogP contribution >= 0.6 is 11.6 Å². The number of piperidine rings is 1. The molecule has 3 heterocycles. The monoisotopic (exact) mass is 809 g/mol. The summed E-state index contributed by atoms with van der Waals surface area (Å²) >= 11 is 6.49. The number of alkyl halides is 1. The van der Waals surface area contributed by atoms with Crippen LogP contribution in [0, 0.1) is 35.5 Å². The number of ether oxygens (including phenoxy) is 4. The summed E-state index contributed by atoms with van der Waals surface area (Å²) in [7, 11) is 3.07. The van der Waals surface area contributed by atoms with E-state index in [4.69, 9.17) is 30.5 Å². The number of aliphatic hydroxyl groups excluding tert-OH is 2. The maximum atomic E-state index is 14.3. The Morgan fingerprint density at radius 3 is 2.32 bits per heavy atom. The summed E-state index contributed by atoms with van der Waals surface area (Å²) in [4.78, 5) is 57.6. The van der Waals surface area contributed by atoms with Crippen LogP contribution in [0.3, 0.4) is 0 Å². The summed E-state index contributed by atoms with van der Waals surface area (Å²) in [6.45, 7) is 11.3. The van der Waals surface area contributed by atoms with Crippen molar-refractivity contribution in [3.8, 4) is 0 Å². The van der Waals surface area contributed by atoms with Gasteiger partial charge in [-0.15, -0.1) is 11.6 Å². The van der Waals surface area contributed by atoms with Crippen molar-refractivity contribution in [3.05, 3.63) is 23.3 Å². The van der Waals surface area contributed by atoms with E-state index in [0.29, 0.717) is 56.1 Å². The fourth-order valence-electron chi connectivity index (χ4n) is 9.48. The number of rotatable bonds is 6. The van der Waals surface area contributed by atoms with Gasteiger partial charge in [0.15, 0.2) is 5.78 Å². The van der Waals surface area contributed by atoms with Gasteiger partial charge in [0.25, 0.3) is 11.7 Å². The number of ketones is 2. The van der Waals surface area contributed by atoms with Gasteiger partial charge in [0.05, 0.1) is 18.3 Å². The number of nitrogens with zero attached hydrogens (tertiary/aromatic N) is 1. The van der Waals surface area contributed by atoms with Gasteiger partial charge in [0.1, 0.15) is 18.2 Å². The zero-order chi connectivity index (χ0) is 41.5.